The molecule has 0 aliphatic heterocycles. The van der Waals surface area contributed by atoms with Crippen LogP contribution in [0.2, 0.25) is 5.02 Å². The summed E-state index contributed by atoms with van der Waals surface area (Å²) in [7, 11) is 0. The SMILES string of the molecule is NCCCn1c(=O)c2c(CCCO)[nH]nc2c2cc(Cl)ccc21. The minimum Gasteiger partial charge on any atom is -0.396 e. The molecule has 0 amide bonds. The molecule has 0 atom stereocenters. The molecule has 0 saturated carbocycles. The van der Waals surface area contributed by atoms with Crippen molar-refractivity contribution in [2.24, 2.45) is 5.73 Å². The molecule has 23 heavy (non-hydrogen) atoms. The number of nitrogens with two attached hydrogens (primary N) is 1. The number of aliphatic hydroxyl groups excluding tert-OH is 1. The number of aromatic nitrogens is 3. The van der Waals surface area contributed by atoms with Gasteiger partial charge in [-0.2, -0.15) is 5.10 Å². The third-order valence-corrected chi connectivity index (χ3v) is 4.21. The van der Waals surface area contributed by atoms with E-state index in [0.717, 1.165) is 16.6 Å². The van der Waals surface area contributed by atoms with E-state index >= 15 is 0 Å². The highest BCUT2D eigenvalue weighted by atomic mass is 35.5. The fraction of sp³-hybridized carbons (Fsp3) is 0.375. The second kappa shape index (κ2) is 6.70. The summed E-state index contributed by atoms with van der Waals surface area (Å²) >= 11 is 6.13. The van der Waals surface area contributed by atoms with Crippen LogP contribution in [0.4, 0.5) is 0 Å². The van der Waals surface area contributed by atoms with Crippen molar-refractivity contribution in [2.45, 2.75) is 25.8 Å². The number of aliphatic hydroxyl groups is 1. The molecule has 4 N–H and O–H groups in total. The van der Waals surface area contributed by atoms with E-state index in [1.165, 1.54) is 0 Å². The molecule has 2 heterocycles. The number of H-pyrrole nitrogens is 1. The van der Waals surface area contributed by atoms with E-state index in [4.69, 9.17) is 22.4 Å². The molecule has 6 nitrogen and oxygen atoms in total. The summed E-state index contributed by atoms with van der Waals surface area (Å²) in [5, 5.41) is 18.3. The molecule has 0 fully saturated rings. The lowest BCUT2D eigenvalue weighted by molar-refractivity contribution is 0.288. The first kappa shape index (κ1) is 16.0. The fourth-order valence-electron chi connectivity index (χ4n) is 2.89. The molecule has 122 valence electrons. The van der Waals surface area contributed by atoms with Crippen molar-refractivity contribution in [3.05, 3.63) is 39.3 Å². The Morgan fingerprint density at radius 3 is 2.91 bits per heavy atom. The summed E-state index contributed by atoms with van der Waals surface area (Å²) in [4.78, 5) is 12.9. The second-order valence-electron chi connectivity index (χ2n) is 5.51. The number of pyridine rings is 1. The van der Waals surface area contributed by atoms with E-state index in [-0.39, 0.29) is 12.2 Å². The molecule has 2 aromatic heterocycles. The smallest absolute Gasteiger partial charge is 0.262 e. The lowest BCUT2D eigenvalue weighted by Gasteiger charge is -2.11. The van der Waals surface area contributed by atoms with Gasteiger partial charge in [-0.1, -0.05) is 11.6 Å². The zero-order valence-electron chi connectivity index (χ0n) is 12.7. The standard InChI is InChI=1S/C16H19ClN4O2/c17-10-4-5-13-11(9-10)15-14(12(19-20-15)3-1-8-22)16(23)21(13)7-2-6-18/h4-5,9,22H,1-3,6-8,18H2,(H,19,20). The Kier molecular flexibility index (Phi) is 4.66. The Bertz CT molecular complexity index is 900. The highest BCUT2D eigenvalue weighted by molar-refractivity contribution is 6.31. The Balaban J connectivity index is 2.32. The third-order valence-electron chi connectivity index (χ3n) is 3.98. The number of aromatic amines is 1. The number of nitrogens with zero attached hydrogens (tertiary/aromatic N) is 2. The largest absolute Gasteiger partial charge is 0.396 e. The molecule has 0 aliphatic carbocycles. The molecule has 0 spiro atoms. The minimum absolute atomic E-state index is 0.0707. The van der Waals surface area contributed by atoms with E-state index < -0.39 is 0 Å². The Morgan fingerprint density at radius 2 is 2.17 bits per heavy atom. The van der Waals surface area contributed by atoms with E-state index in [2.05, 4.69) is 10.2 Å². The molecular formula is C16H19ClN4O2. The van der Waals surface area contributed by atoms with Gasteiger partial charge in [-0.25, -0.2) is 0 Å². The quantitative estimate of drug-likeness (QED) is 0.640. The summed E-state index contributed by atoms with van der Waals surface area (Å²) in [6.45, 7) is 1.14. The summed E-state index contributed by atoms with van der Waals surface area (Å²) in [5.41, 5.74) is 7.71. The number of fused-ring (bicyclic) bond motifs is 3. The van der Waals surface area contributed by atoms with Gasteiger partial charge in [-0.15, -0.1) is 0 Å². The third kappa shape index (κ3) is 2.85. The van der Waals surface area contributed by atoms with Gasteiger partial charge in [0, 0.05) is 29.3 Å². The van der Waals surface area contributed by atoms with Crippen LogP contribution in [0.3, 0.4) is 0 Å². The number of nitrogens with one attached hydrogen (secondary N) is 1. The van der Waals surface area contributed by atoms with E-state index in [0.29, 0.717) is 48.3 Å². The van der Waals surface area contributed by atoms with E-state index in [9.17, 15) is 4.79 Å². The normalized spacial score (nSPS) is 11.6. The number of rotatable bonds is 6. The van der Waals surface area contributed by atoms with Crippen molar-refractivity contribution in [3.63, 3.8) is 0 Å². The molecule has 0 aliphatic rings. The van der Waals surface area contributed by atoms with Gasteiger partial charge in [-0.3, -0.25) is 9.89 Å². The predicted octanol–water partition coefficient (Wildman–Crippen LogP) is 1.80. The summed E-state index contributed by atoms with van der Waals surface area (Å²) < 4.78 is 1.73. The maximum Gasteiger partial charge on any atom is 0.262 e. The van der Waals surface area contributed by atoms with Gasteiger partial charge in [0.15, 0.2) is 0 Å². The lowest BCUT2D eigenvalue weighted by atomic mass is 10.1. The first-order valence-electron chi connectivity index (χ1n) is 7.67. The molecule has 7 heteroatoms. The van der Waals surface area contributed by atoms with Crippen LogP contribution in [0.5, 0.6) is 0 Å². The summed E-state index contributed by atoms with van der Waals surface area (Å²) in [6.07, 6.45) is 1.87. The number of halogens is 1. The number of hydrogen-bond donors (Lipinski definition) is 3. The van der Waals surface area contributed by atoms with Crippen LogP contribution in [-0.2, 0) is 13.0 Å². The molecular weight excluding hydrogens is 316 g/mol. The van der Waals surface area contributed by atoms with Crippen LogP contribution in [0, 0.1) is 0 Å². The predicted molar refractivity (Wildman–Crippen MR) is 91.9 cm³/mol. The van der Waals surface area contributed by atoms with Gasteiger partial charge in [0.25, 0.3) is 5.56 Å². The Hall–Kier alpha value is -1.89. The lowest BCUT2D eigenvalue weighted by Crippen LogP contribution is -2.22. The van der Waals surface area contributed by atoms with Crippen LogP contribution in [-0.4, -0.2) is 33.0 Å². The van der Waals surface area contributed by atoms with Gasteiger partial charge in [-0.05, 0) is 44.0 Å². The highest BCUT2D eigenvalue weighted by Gasteiger charge is 2.17. The van der Waals surface area contributed by atoms with Crippen LogP contribution in [0.15, 0.2) is 23.0 Å². The van der Waals surface area contributed by atoms with Crippen molar-refractivity contribution < 1.29 is 5.11 Å². The molecule has 1 aromatic carbocycles. The highest BCUT2D eigenvalue weighted by Crippen LogP contribution is 2.26. The molecule has 0 bridgehead atoms. The van der Waals surface area contributed by atoms with Gasteiger partial charge in [0.1, 0.15) is 5.52 Å². The van der Waals surface area contributed by atoms with Crippen LogP contribution >= 0.6 is 11.6 Å². The maximum absolute atomic E-state index is 12.9. The van der Waals surface area contributed by atoms with Crippen molar-refractivity contribution in [2.75, 3.05) is 13.2 Å². The van der Waals surface area contributed by atoms with Crippen LogP contribution in [0.25, 0.3) is 21.8 Å². The molecule has 0 unspecified atom stereocenters. The van der Waals surface area contributed by atoms with Gasteiger partial charge in [0.2, 0.25) is 0 Å². The summed E-state index contributed by atoms with van der Waals surface area (Å²) in [6, 6.07) is 5.44. The molecule has 0 saturated heterocycles. The van der Waals surface area contributed by atoms with Crippen molar-refractivity contribution >= 4 is 33.4 Å². The number of aryl methyl sites for hydroxylation is 2. The zero-order chi connectivity index (χ0) is 16.4. The fourth-order valence-corrected chi connectivity index (χ4v) is 3.06. The summed E-state index contributed by atoms with van der Waals surface area (Å²) in [5.74, 6) is 0. The van der Waals surface area contributed by atoms with Gasteiger partial charge < -0.3 is 15.4 Å². The van der Waals surface area contributed by atoms with Crippen molar-refractivity contribution in [3.8, 4) is 0 Å². The first-order valence-corrected chi connectivity index (χ1v) is 8.05. The zero-order valence-corrected chi connectivity index (χ0v) is 13.4. The Labute approximate surface area is 137 Å². The average molecular weight is 335 g/mol. The van der Waals surface area contributed by atoms with Crippen molar-refractivity contribution in [1.82, 2.24) is 14.8 Å². The minimum atomic E-state index is -0.0787. The molecule has 0 radical (unpaired) electrons. The van der Waals surface area contributed by atoms with E-state index in [1.807, 2.05) is 12.1 Å². The number of hydrogen-bond acceptors (Lipinski definition) is 4. The topological polar surface area (TPSA) is 96.9 Å². The van der Waals surface area contributed by atoms with Crippen LogP contribution in [0.1, 0.15) is 18.5 Å². The monoisotopic (exact) mass is 334 g/mol. The number of benzene rings is 1. The van der Waals surface area contributed by atoms with Gasteiger partial charge >= 0.3 is 0 Å². The second-order valence-corrected chi connectivity index (χ2v) is 5.95. The van der Waals surface area contributed by atoms with Crippen molar-refractivity contribution in [1.29, 1.82) is 0 Å². The first-order chi connectivity index (χ1) is 11.2. The molecule has 3 aromatic rings. The van der Waals surface area contributed by atoms with Crippen LogP contribution < -0.4 is 11.3 Å². The molecule has 3 rings (SSSR count). The Morgan fingerprint density at radius 1 is 1.35 bits per heavy atom. The van der Waals surface area contributed by atoms with E-state index in [1.54, 1.807) is 10.6 Å². The average Bonchev–Trinajstić information content (AvgIpc) is 2.97. The maximum atomic E-state index is 12.9. The van der Waals surface area contributed by atoms with Gasteiger partial charge in [0.05, 0.1) is 10.9 Å².